The topological polar surface area (TPSA) is 41.6 Å². The van der Waals surface area contributed by atoms with Gasteiger partial charge in [0.2, 0.25) is 0 Å². The highest BCUT2D eigenvalue weighted by Gasteiger charge is 2.30. The van der Waals surface area contributed by atoms with Gasteiger partial charge < -0.3 is 0 Å². The standard InChI is InChI=1S/C22H43N3/c1-4-7-8-9-10-11-12-13-14-15-16-17-18-19-22(5-2,6-3)21-23-20-24-25-21/h20H,4-19H2,1-3H3,(H,23,24,25). The molecule has 25 heavy (non-hydrogen) atoms. The number of rotatable bonds is 17. The van der Waals surface area contributed by atoms with Gasteiger partial charge in [0.15, 0.2) is 0 Å². The lowest BCUT2D eigenvalue weighted by atomic mass is 9.77. The Morgan fingerprint density at radius 3 is 1.60 bits per heavy atom. The van der Waals surface area contributed by atoms with Gasteiger partial charge in [0.25, 0.3) is 0 Å². The molecule has 0 atom stereocenters. The van der Waals surface area contributed by atoms with Gasteiger partial charge in [0.1, 0.15) is 12.2 Å². The van der Waals surface area contributed by atoms with Crippen LogP contribution in [0, 0.1) is 0 Å². The van der Waals surface area contributed by atoms with Crippen LogP contribution in [0.2, 0.25) is 0 Å². The smallest absolute Gasteiger partial charge is 0.137 e. The average Bonchev–Trinajstić information content (AvgIpc) is 3.18. The Kier molecular flexibility index (Phi) is 12.7. The summed E-state index contributed by atoms with van der Waals surface area (Å²) in [5.74, 6) is 1.09. The number of aromatic amines is 1. The van der Waals surface area contributed by atoms with E-state index in [2.05, 4.69) is 36.0 Å². The molecule has 0 radical (unpaired) electrons. The van der Waals surface area contributed by atoms with Crippen LogP contribution in [0.5, 0.6) is 0 Å². The molecule has 1 aromatic heterocycles. The molecule has 0 aliphatic rings. The highest BCUT2D eigenvalue weighted by atomic mass is 15.2. The summed E-state index contributed by atoms with van der Waals surface area (Å²) in [7, 11) is 0. The fourth-order valence-corrected chi connectivity index (χ4v) is 4.00. The molecule has 1 rings (SSSR count). The van der Waals surface area contributed by atoms with E-state index in [1.807, 2.05) is 0 Å². The predicted molar refractivity (Wildman–Crippen MR) is 109 cm³/mol. The molecule has 0 amide bonds. The molecule has 0 saturated carbocycles. The molecule has 0 aliphatic heterocycles. The molecule has 0 saturated heterocycles. The van der Waals surface area contributed by atoms with Crippen LogP contribution in [0.4, 0.5) is 0 Å². The first-order valence-electron chi connectivity index (χ1n) is 11.1. The molecule has 0 bridgehead atoms. The van der Waals surface area contributed by atoms with E-state index in [4.69, 9.17) is 0 Å². The van der Waals surface area contributed by atoms with Gasteiger partial charge in [-0.25, -0.2) is 4.98 Å². The van der Waals surface area contributed by atoms with E-state index < -0.39 is 0 Å². The lowest BCUT2D eigenvalue weighted by molar-refractivity contribution is 0.330. The molecule has 0 unspecified atom stereocenters. The van der Waals surface area contributed by atoms with Gasteiger partial charge in [0.05, 0.1) is 0 Å². The predicted octanol–water partition coefficient (Wildman–Crippen LogP) is 7.34. The third-order valence-electron chi connectivity index (χ3n) is 6.03. The van der Waals surface area contributed by atoms with Crippen molar-refractivity contribution in [2.75, 3.05) is 0 Å². The van der Waals surface area contributed by atoms with Gasteiger partial charge in [0, 0.05) is 5.41 Å². The molecule has 3 nitrogen and oxygen atoms in total. The first-order valence-corrected chi connectivity index (χ1v) is 11.1. The highest BCUT2D eigenvalue weighted by Crippen LogP contribution is 2.34. The van der Waals surface area contributed by atoms with Crippen molar-refractivity contribution in [3.63, 3.8) is 0 Å². The molecule has 1 aromatic rings. The minimum Gasteiger partial charge on any atom is -0.263 e. The molecule has 0 fully saturated rings. The number of nitrogens with one attached hydrogen (secondary N) is 1. The second kappa shape index (κ2) is 14.3. The van der Waals surface area contributed by atoms with Crippen LogP contribution < -0.4 is 0 Å². The summed E-state index contributed by atoms with van der Waals surface area (Å²) in [5, 5.41) is 7.18. The maximum atomic E-state index is 4.44. The second-order valence-electron chi connectivity index (χ2n) is 7.81. The van der Waals surface area contributed by atoms with E-state index in [1.54, 1.807) is 6.33 Å². The quantitative estimate of drug-likeness (QED) is 0.299. The van der Waals surface area contributed by atoms with E-state index in [0.29, 0.717) is 0 Å². The Morgan fingerprint density at radius 1 is 0.720 bits per heavy atom. The fraction of sp³-hybridized carbons (Fsp3) is 0.909. The van der Waals surface area contributed by atoms with E-state index in [-0.39, 0.29) is 5.41 Å². The molecule has 0 aromatic carbocycles. The zero-order chi connectivity index (χ0) is 18.2. The molecular formula is C22H43N3. The zero-order valence-corrected chi connectivity index (χ0v) is 17.3. The molecule has 3 heteroatoms. The van der Waals surface area contributed by atoms with Crippen LogP contribution in [-0.2, 0) is 5.41 Å². The number of aromatic nitrogens is 3. The Balaban J connectivity index is 1.99. The second-order valence-corrected chi connectivity index (χ2v) is 7.81. The first-order chi connectivity index (χ1) is 12.3. The maximum absolute atomic E-state index is 4.44. The SMILES string of the molecule is CCCCCCCCCCCCCCCC(CC)(CC)c1ncn[nH]1. The summed E-state index contributed by atoms with van der Waals surface area (Å²) in [6, 6.07) is 0. The van der Waals surface area contributed by atoms with Gasteiger partial charge in [-0.2, -0.15) is 5.10 Å². The van der Waals surface area contributed by atoms with Crippen molar-refractivity contribution in [3.8, 4) is 0 Å². The van der Waals surface area contributed by atoms with E-state index in [1.165, 1.54) is 89.9 Å². The molecule has 146 valence electrons. The van der Waals surface area contributed by atoms with Crippen LogP contribution in [0.3, 0.4) is 0 Å². The number of hydrogen-bond donors (Lipinski definition) is 1. The third-order valence-corrected chi connectivity index (χ3v) is 6.03. The summed E-state index contributed by atoms with van der Waals surface area (Å²) in [5.41, 5.74) is 0.217. The Labute approximate surface area is 156 Å². The normalized spacial score (nSPS) is 12.0. The van der Waals surface area contributed by atoms with E-state index in [9.17, 15) is 0 Å². The van der Waals surface area contributed by atoms with Crippen molar-refractivity contribution in [3.05, 3.63) is 12.2 Å². The Morgan fingerprint density at radius 2 is 1.20 bits per heavy atom. The number of nitrogens with zero attached hydrogens (tertiary/aromatic N) is 2. The summed E-state index contributed by atoms with van der Waals surface area (Å²) < 4.78 is 0. The molecule has 1 heterocycles. The van der Waals surface area contributed by atoms with Crippen molar-refractivity contribution in [2.45, 2.75) is 129 Å². The number of hydrogen-bond acceptors (Lipinski definition) is 2. The van der Waals surface area contributed by atoms with Crippen LogP contribution in [0.15, 0.2) is 6.33 Å². The van der Waals surface area contributed by atoms with Gasteiger partial charge in [-0.1, -0.05) is 104 Å². The van der Waals surface area contributed by atoms with E-state index in [0.717, 1.165) is 18.7 Å². The van der Waals surface area contributed by atoms with Gasteiger partial charge in [-0.15, -0.1) is 0 Å². The van der Waals surface area contributed by atoms with Crippen molar-refractivity contribution in [1.29, 1.82) is 0 Å². The summed E-state index contributed by atoms with van der Waals surface area (Å²) in [6.07, 6.45) is 23.6. The summed E-state index contributed by atoms with van der Waals surface area (Å²) >= 11 is 0. The third kappa shape index (κ3) is 8.87. The van der Waals surface area contributed by atoms with Crippen molar-refractivity contribution in [1.82, 2.24) is 15.2 Å². The molecule has 0 spiro atoms. The maximum Gasteiger partial charge on any atom is 0.137 e. The summed E-state index contributed by atoms with van der Waals surface area (Å²) in [4.78, 5) is 4.44. The van der Waals surface area contributed by atoms with E-state index >= 15 is 0 Å². The molecular weight excluding hydrogens is 306 g/mol. The summed E-state index contributed by atoms with van der Waals surface area (Å²) in [6.45, 7) is 6.86. The number of unbranched alkanes of at least 4 members (excludes halogenated alkanes) is 12. The van der Waals surface area contributed by atoms with Crippen molar-refractivity contribution < 1.29 is 0 Å². The Bertz CT molecular complexity index is 382. The highest BCUT2D eigenvalue weighted by molar-refractivity contribution is 5.05. The van der Waals surface area contributed by atoms with Crippen LogP contribution in [-0.4, -0.2) is 15.2 Å². The van der Waals surface area contributed by atoms with Gasteiger partial charge in [-0.05, 0) is 19.3 Å². The Hall–Kier alpha value is -0.860. The monoisotopic (exact) mass is 349 g/mol. The zero-order valence-electron chi connectivity index (χ0n) is 17.3. The van der Waals surface area contributed by atoms with Crippen molar-refractivity contribution in [2.24, 2.45) is 0 Å². The minimum absolute atomic E-state index is 0.217. The lowest BCUT2D eigenvalue weighted by Gasteiger charge is -2.29. The average molecular weight is 350 g/mol. The van der Waals surface area contributed by atoms with Crippen LogP contribution in [0.1, 0.15) is 129 Å². The largest absolute Gasteiger partial charge is 0.263 e. The molecule has 1 N–H and O–H groups in total. The van der Waals surface area contributed by atoms with Gasteiger partial charge in [-0.3, -0.25) is 5.10 Å². The van der Waals surface area contributed by atoms with Gasteiger partial charge >= 0.3 is 0 Å². The van der Waals surface area contributed by atoms with Crippen molar-refractivity contribution >= 4 is 0 Å². The van der Waals surface area contributed by atoms with Crippen LogP contribution in [0.25, 0.3) is 0 Å². The first kappa shape index (κ1) is 22.2. The number of H-pyrrole nitrogens is 1. The lowest BCUT2D eigenvalue weighted by Crippen LogP contribution is -2.26. The fourth-order valence-electron chi connectivity index (χ4n) is 4.00. The van der Waals surface area contributed by atoms with Crippen LogP contribution >= 0.6 is 0 Å². The molecule has 0 aliphatic carbocycles. The minimum atomic E-state index is 0.217.